The SMILES string of the molecule is CC1C(=NNC2=NCCN2)CC2=C(C1=NNC1=NCCN1)C(C=O)c1ccccc1C2C=O. The highest BCUT2D eigenvalue weighted by Crippen LogP contribution is 2.46. The summed E-state index contributed by atoms with van der Waals surface area (Å²) in [5.41, 5.74) is 10.9. The third kappa shape index (κ3) is 3.81. The van der Waals surface area contributed by atoms with E-state index in [2.05, 4.69) is 41.7 Å². The molecule has 170 valence electrons. The maximum Gasteiger partial charge on any atom is 0.212 e. The molecular weight excluding hydrogens is 420 g/mol. The van der Waals surface area contributed by atoms with Crippen molar-refractivity contribution in [2.75, 3.05) is 26.2 Å². The maximum absolute atomic E-state index is 12.4. The normalized spacial score (nSPS) is 28.3. The zero-order valence-electron chi connectivity index (χ0n) is 18.3. The molecule has 0 amide bonds. The van der Waals surface area contributed by atoms with Crippen molar-refractivity contribution in [3.8, 4) is 0 Å². The summed E-state index contributed by atoms with van der Waals surface area (Å²) in [7, 11) is 0. The minimum absolute atomic E-state index is 0.187. The Morgan fingerprint density at radius 2 is 1.55 bits per heavy atom. The molecule has 2 heterocycles. The molecule has 0 saturated carbocycles. The molecule has 10 nitrogen and oxygen atoms in total. The highest BCUT2D eigenvalue weighted by atomic mass is 16.1. The summed E-state index contributed by atoms with van der Waals surface area (Å²) in [5.74, 6) is 0.0767. The minimum Gasteiger partial charge on any atom is -0.353 e. The third-order valence-electron chi connectivity index (χ3n) is 6.46. The number of rotatable bonds is 4. The first kappa shape index (κ1) is 21.0. The van der Waals surface area contributed by atoms with Gasteiger partial charge in [0.15, 0.2) is 0 Å². The fourth-order valence-corrected chi connectivity index (χ4v) is 4.83. The van der Waals surface area contributed by atoms with E-state index in [9.17, 15) is 9.59 Å². The van der Waals surface area contributed by atoms with Crippen LogP contribution >= 0.6 is 0 Å². The number of allylic oxidation sites excluding steroid dienone is 2. The molecule has 0 spiro atoms. The first-order valence-electron chi connectivity index (χ1n) is 11.2. The molecule has 10 heteroatoms. The van der Waals surface area contributed by atoms with Crippen molar-refractivity contribution >= 4 is 35.9 Å². The van der Waals surface area contributed by atoms with Crippen molar-refractivity contribution in [3.63, 3.8) is 0 Å². The van der Waals surface area contributed by atoms with E-state index in [4.69, 9.17) is 0 Å². The molecule has 2 aliphatic carbocycles. The summed E-state index contributed by atoms with van der Waals surface area (Å²) in [6.45, 7) is 4.92. The predicted molar refractivity (Wildman–Crippen MR) is 127 cm³/mol. The monoisotopic (exact) mass is 446 g/mol. The molecule has 0 bridgehead atoms. The molecular formula is C23H26N8O2. The summed E-state index contributed by atoms with van der Waals surface area (Å²) in [6.07, 6.45) is 2.36. The van der Waals surface area contributed by atoms with Crippen molar-refractivity contribution in [1.29, 1.82) is 0 Å². The molecule has 1 aromatic rings. The quantitative estimate of drug-likeness (QED) is 0.391. The second-order valence-electron chi connectivity index (χ2n) is 8.33. The number of hydrogen-bond acceptors (Lipinski definition) is 10. The molecule has 5 rings (SSSR count). The Labute approximate surface area is 191 Å². The van der Waals surface area contributed by atoms with Crippen LogP contribution in [0.15, 0.2) is 55.6 Å². The Morgan fingerprint density at radius 1 is 0.939 bits per heavy atom. The lowest BCUT2D eigenvalue weighted by atomic mass is 9.65. The van der Waals surface area contributed by atoms with Gasteiger partial charge in [-0.05, 0) is 22.3 Å². The van der Waals surface area contributed by atoms with Gasteiger partial charge in [0.25, 0.3) is 0 Å². The van der Waals surface area contributed by atoms with Crippen LogP contribution in [0, 0.1) is 5.92 Å². The summed E-state index contributed by atoms with van der Waals surface area (Å²) in [5, 5.41) is 15.6. The number of carbonyl (C=O) groups is 2. The highest BCUT2D eigenvalue weighted by Gasteiger charge is 2.42. The fourth-order valence-electron chi connectivity index (χ4n) is 4.83. The zero-order chi connectivity index (χ0) is 22.8. The van der Waals surface area contributed by atoms with Crippen molar-refractivity contribution < 1.29 is 9.59 Å². The number of nitrogens with one attached hydrogen (secondary N) is 4. The molecule has 0 saturated heterocycles. The molecule has 0 aromatic heterocycles. The fraction of sp³-hybridized carbons (Fsp3) is 0.391. The second-order valence-corrected chi connectivity index (χ2v) is 8.33. The lowest BCUT2D eigenvalue weighted by Gasteiger charge is -2.38. The molecule has 1 aromatic carbocycles. The van der Waals surface area contributed by atoms with E-state index in [1.54, 1.807) is 0 Å². The summed E-state index contributed by atoms with van der Waals surface area (Å²) in [6, 6.07) is 7.63. The molecule has 4 aliphatic rings. The van der Waals surface area contributed by atoms with Gasteiger partial charge in [0, 0.05) is 25.4 Å². The van der Waals surface area contributed by atoms with Crippen molar-refractivity contribution in [2.24, 2.45) is 26.1 Å². The van der Waals surface area contributed by atoms with Gasteiger partial charge in [0.05, 0.1) is 36.3 Å². The molecule has 0 fully saturated rings. The van der Waals surface area contributed by atoms with Gasteiger partial charge in [-0.1, -0.05) is 31.2 Å². The van der Waals surface area contributed by atoms with Gasteiger partial charge in [-0.2, -0.15) is 10.2 Å². The van der Waals surface area contributed by atoms with Crippen LogP contribution in [-0.2, 0) is 9.59 Å². The van der Waals surface area contributed by atoms with Gasteiger partial charge in [-0.15, -0.1) is 0 Å². The van der Waals surface area contributed by atoms with Crippen LogP contribution in [0.4, 0.5) is 0 Å². The average Bonchev–Trinajstić information content (AvgIpc) is 3.55. The van der Waals surface area contributed by atoms with E-state index >= 15 is 0 Å². The van der Waals surface area contributed by atoms with E-state index in [0.29, 0.717) is 37.1 Å². The summed E-state index contributed by atoms with van der Waals surface area (Å²) < 4.78 is 0. The largest absolute Gasteiger partial charge is 0.353 e. The molecule has 4 N–H and O–H groups in total. The third-order valence-corrected chi connectivity index (χ3v) is 6.46. The number of fused-ring (bicyclic) bond motifs is 1. The van der Waals surface area contributed by atoms with Crippen molar-refractivity contribution in [2.45, 2.75) is 25.2 Å². The van der Waals surface area contributed by atoms with E-state index in [1.165, 1.54) is 0 Å². The van der Waals surface area contributed by atoms with E-state index < -0.39 is 11.8 Å². The summed E-state index contributed by atoms with van der Waals surface area (Å²) in [4.78, 5) is 33.3. The lowest BCUT2D eigenvalue weighted by Crippen LogP contribution is -2.40. The Hall–Kier alpha value is -3.82. The van der Waals surface area contributed by atoms with E-state index in [0.717, 1.165) is 53.6 Å². The van der Waals surface area contributed by atoms with E-state index in [1.807, 2.05) is 31.2 Å². The van der Waals surface area contributed by atoms with Crippen LogP contribution in [0.2, 0.25) is 0 Å². The van der Waals surface area contributed by atoms with Gasteiger partial charge >= 0.3 is 0 Å². The number of hydrogen-bond donors (Lipinski definition) is 4. The number of carbonyl (C=O) groups excluding carboxylic acids is 2. The van der Waals surface area contributed by atoms with Gasteiger partial charge in [0.1, 0.15) is 12.6 Å². The van der Waals surface area contributed by atoms with Crippen molar-refractivity contribution in [1.82, 2.24) is 21.5 Å². The standard InChI is InChI=1S/C23H26N8O2/c1-13-19(28-30-22-24-6-7-25-22)10-16-17(11-32)14-4-2-3-5-15(14)18(12-33)20(16)21(13)29-31-23-26-8-9-27-23/h2-5,11-13,17-18H,6-10H2,1H3,(H2,24,25,30)(H2,26,27,31). The maximum atomic E-state index is 12.4. The molecule has 0 radical (unpaired) electrons. The highest BCUT2D eigenvalue weighted by molar-refractivity contribution is 6.21. The first-order chi connectivity index (χ1) is 16.2. The predicted octanol–water partition coefficient (Wildman–Crippen LogP) is 0.411. The number of benzene rings is 1. The number of aliphatic imine (C=N–C) groups is 2. The molecule has 33 heavy (non-hydrogen) atoms. The van der Waals surface area contributed by atoms with Gasteiger partial charge in [0.2, 0.25) is 11.9 Å². The van der Waals surface area contributed by atoms with Crippen LogP contribution in [0.3, 0.4) is 0 Å². The zero-order valence-corrected chi connectivity index (χ0v) is 18.3. The Kier molecular flexibility index (Phi) is 5.72. The average molecular weight is 447 g/mol. The van der Waals surface area contributed by atoms with Gasteiger partial charge < -0.3 is 20.2 Å². The van der Waals surface area contributed by atoms with Crippen LogP contribution < -0.4 is 21.5 Å². The Balaban J connectivity index is 1.61. The van der Waals surface area contributed by atoms with Crippen LogP contribution in [-0.4, -0.2) is 62.1 Å². The first-order valence-corrected chi connectivity index (χ1v) is 11.2. The number of guanidine groups is 2. The van der Waals surface area contributed by atoms with E-state index in [-0.39, 0.29) is 5.92 Å². The van der Waals surface area contributed by atoms with Gasteiger partial charge in [-0.25, -0.2) is 20.8 Å². The van der Waals surface area contributed by atoms with Crippen LogP contribution in [0.5, 0.6) is 0 Å². The van der Waals surface area contributed by atoms with Crippen molar-refractivity contribution in [3.05, 3.63) is 46.5 Å². The smallest absolute Gasteiger partial charge is 0.212 e. The Morgan fingerprint density at radius 3 is 2.12 bits per heavy atom. The topological polar surface area (TPSA) is 132 Å². The number of nitrogens with zero attached hydrogens (tertiary/aromatic N) is 4. The number of aldehydes is 2. The minimum atomic E-state index is -0.496. The van der Waals surface area contributed by atoms with Crippen LogP contribution in [0.1, 0.15) is 36.3 Å². The molecule has 2 aliphatic heterocycles. The molecule has 3 atom stereocenters. The lowest BCUT2D eigenvalue weighted by molar-refractivity contribution is -0.109. The number of hydrazone groups is 2. The Bertz CT molecular complexity index is 1130. The molecule has 3 unspecified atom stereocenters. The second kappa shape index (κ2) is 8.97. The summed E-state index contributed by atoms with van der Waals surface area (Å²) >= 11 is 0. The van der Waals surface area contributed by atoms with Crippen LogP contribution in [0.25, 0.3) is 0 Å². The van der Waals surface area contributed by atoms with Gasteiger partial charge in [-0.3, -0.25) is 0 Å².